The Balaban J connectivity index is 5.19. The number of hydrogen-bond acceptors (Lipinski definition) is 15. The fourth-order valence-corrected chi connectivity index (χ4v) is 13.9. The highest BCUT2D eigenvalue weighted by atomic mass is 31.2. The summed E-state index contributed by atoms with van der Waals surface area (Å²) in [7, 11) is -9.91. The van der Waals surface area contributed by atoms with Crippen LogP contribution in [0.1, 0.15) is 420 Å². The van der Waals surface area contributed by atoms with E-state index in [9.17, 15) is 43.2 Å². The van der Waals surface area contributed by atoms with Crippen molar-refractivity contribution in [3.8, 4) is 0 Å². The van der Waals surface area contributed by atoms with Crippen LogP contribution in [0.4, 0.5) is 0 Å². The van der Waals surface area contributed by atoms with Gasteiger partial charge in [0.05, 0.1) is 26.4 Å². The highest BCUT2D eigenvalue weighted by Crippen LogP contribution is 2.45. The Bertz CT molecular complexity index is 1910. The van der Waals surface area contributed by atoms with Gasteiger partial charge < -0.3 is 33.8 Å². The Morgan fingerprint density at radius 3 is 0.768 bits per heavy atom. The van der Waals surface area contributed by atoms with Gasteiger partial charge in [0.15, 0.2) is 12.2 Å². The maximum atomic E-state index is 13.1. The van der Waals surface area contributed by atoms with E-state index in [1.807, 2.05) is 0 Å². The van der Waals surface area contributed by atoms with Crippen LogP contribution in [0, 0.1) is 11.8 Å². The molecule has 0 radical (unpaired) electrons. The fourth-order valence-electron chi connectivity index (χ4n) is 12.3. The zero-order chi connectivity index (χ0) is 72.8. The third-order valence-corrected chi connectivity index (χ3v) is 21.0. The summed E-state index contributed by atoms with van der Waals surface area (Å²) in [5, 5.41) is 10.6. The van der Waals surface area contributed by atoms with E-state index in [1.54, 1.807) is 0 Å². The van der Waals surface area contributed by atoms with Gasteiger partial charge in [-0.2, -0.15) is 0 Å². The Kier molecular flexibility index (Phi) is 70.3. The van der Waals surface area contributed by atoms with Crippen LogP contribution in [-0.4, -0.2) is 96.7 Å². The molecule has 17 nitrogen and oxygen atoms in total. The molecule has 19 heteroatoms. The molecule has 99 heavy (non-hydrogen) atoms. The number of carbonyl (C=O) groups excluding carboxylic acids is 4. The van der Waals surface area contributed by atoms with Crippen LogP contribution >= 0.6 is 15.6 Å². The smallest absolute Gasteiger partial charge is 0.462 e. The number of unbranched alkanes of at least 4 members (excludes halogenated alkanes) is 48. The Morgan fingerprint density at radius 1 is 0.293 bits per heavy atom. The molecule has 3 unspecified atom stereocenters. The molecule has 3 N–H and O–H groups in total. The first-order chi connectivity index (χ1) is 47.9. The standard InChI is InChI=1S/C80H156O17P2/c1-7-10-12-14-16-17-18-19-20-21-22-23-29-34-39-45-51-57-63-78(83)91-69-76(97-80(85)64-58-52-46-40-35-30-25-24-28-33-38-44-49-55-61-73(6)9-3)71-95-99(88,89)93-67-74(81)66-92-98(86,87)94-70-75(68-90-77(82)62-56-50-42-15-13-11-8-2)96-79(84)65-59-53-47-41-36-31-26-27-32-37-43-48-54-60-72(4)5/h72-76,81H,7-71H2,1-6H3,(H,86,87)(H,88,89)/t73?,74-,75+,76+/m0/s1. The number of phosphoric ester groups is 2. The zero-order valence-corrected chi connectivity index (χ0v) is 66.6. The number of hydrogen-bond donors (Lipinski definition) is 3. The highest BCUT2D eigenvalue weighted by molar-refractivity contribution is 7.47. The minimum Gasteiger partial charge on any atom is -0.462 e. The van der Waals surface area contributed by atoms with Gasteiger partial charge in [0.25, 0.3) is 0 Å². The number of ether oxygens (including phenoxy) is 4. The third kappa shape index (κ3) is 72.8. The van der Waals surface area contributed by atoms with E-state index < -0.39 is 97.5 Å². The van der Waals surface area contributed by atoms with Crippen LogP contribution in [0.5, 0.6) is 0 Å². The largest absolute Gasteiger partial charge is 0.472 e. The van der Waals surface area contributed by atoms with Crippen LogP contribution in [0.2, 0.25) is 0 Å². The van der Waals surface area contributed by atoms with Crippen molar-refractivity contribution in [1.82, 2.24) is 0 Å². The lowest BCUT2D eigenvalue weighted by Crippen LogP contribution is -2.30. The van der Waals surface area contributed by atoms with Crippen molar-refractivity contribution < 1.29 is 80.2 Å². The maximum absolute atomic E-state index is 13.1. The van der Waals surface area contributed by atoms with E-state index in [0.717, 1.165) is 115 Å². The van der Waals surface area contributed by atoms with Crippen LogP contribution in [0.3, 0.4) is 0 Å². The average Bonchev–Trinajstić information content (AvgIpc) is 0.961. The minimum atomic E-state index is -4.96. The van der Waals surface area contributed by atoms with Crippen molar-refractivity contribution in [1.29, 1.82) is 0 Å². The summed E-state index contributed by atoms with van der Waals surface area (Å²) in [6.07, 6.45) is 61.1. The Morgan fingerprint density at radius 2 is 0.515 bits per heavy atom. The van der Waals surface area contributed by atoms with Gasteiger partial charge in [0.2, 0.25) is 0 Å². The molecule has 0 aromatic rings. The SMILES string of the molecule is CCCCCCCCCCCCCCCCCCCCC(=O)OC[C@H](COP(=O)(O)OC[C@@H](O)COP(=O)(O)OC[C@@H](COC(=O)CCCCCCCCC)OC(=O)CCCCCCCCCCCCCCCC(C)C)OC(=O)CCCCCCCCCCCCCCCCC(C)CC. The summed E-state index contributed by atoms with van der Waals surface area (Å²) in [6, 6.07) is 0. The van der Waals surface area contributed by atoms with Gasteiger partial charge >= 0.3 is 39.5 Å². The van der Waals surface area contributed by atoms with Gasteiger partial charge in [-0.25, -0.2) is 9.13 Å². The quantitative estimate of drug-likeness (QED) is 0.0222. The molecule has 0 saturated carbocycles. The monoisotopic (exact) mass is 1450 g/mol. The number of phosphoric acid groups is 2. The molecule has 0 fully saturated rings. The second-order valence-electron chi connectivity index (χ2n) is 29.5. The van der Waals surface area contributed by atoms with E-state index in [2.05, 4.69) is 41.5 Å². The lowest BCUT2D eigenvalue weighted by Gasteiger charge is -2.21. The maximum Gasteiger partial charge on any atom is 0.472 e. The van der Waals surface area contributed by atoms with Crippen molar-refractivity contribution in [2.75, 3.05) is 39.6 Å². The summed E-state index contributed by atoms with van der Waals surface area (Å²) < 4.78 is 68.6. The van der Waals surface area contributed by atoms with Gasteiger partial charge in [-0.3, -0.25) is 37.3 Å². The van der Waals surface area contributed by atoms with E-state index in [-0.39, 0.29) is 25.7 Å². The van der Waals surface area contributed by atoms with Crippen LogP contribution in [0.25, 0.3) is 0 Å². The van der Waals surface area contributed by atoms with Crippen molar-refractivity contribution in [3.05, 3.63) is 0 Å². The first-order valence-corrected chi connectivity index (χ1v) is 44.5. The summed E-state index contributed by atoms with van der Waals surface area (Å²) in [5.74, 6) is -0.481. The van der Waals surface area contributed by atoms with Gasteiger partial charge in [0, 0.05) is 25.7 Å². The summed E-state index contributed by atoms with van der Waals surface area (Å²) in [6.45, 7) is 9.66. The predicted molar refractivity (Wildman–Crippen MR) is 405 cm³/mol. The normalized spacial score (nSPS) is 14.2. The number of esters is 4. The van der Waals surface area contributed by atoms with Crippen molar-refractivity contribution in [2.24, 2.45) is 11.8 Å². The number of aliphatic hydroxyl groups is 1. The van der Waals surface area contributed by atoms with Crippen molar-refractivity contribution in [2.45, 2.75) is 439 Å². The first-order valence-electron chi connectivity index (χ1n) is 41.5. The van der Waals surface area contributed by atoms with Crippen molar-refractivity contribution in [3.63, 3.8) is 0 Å². The van der Waals surface area contributed by atoms with Crippen LogP contribution in [0.15, 0.2) is 0 Å². The molecule has 0 aliphatic heterocycles. The topological polar surface area (TPSA) is 237 Å². The van der Waals surface area contributed by atoms with E-state index >= 15 is 0 Å². The molecule has 0 aliphatic rings. The Hall–Kier alpha value is -1.94. The summed E-state index contributed by atoms with van der Waals surface area (Å²) in [5.41, 5.74) is 0. The lowest BCUT2D eigenvalue weighted by molar-refractivity contribution is -0.161. The second kappa shape index (κ2) is 71.7. The lowest BCUT2D eigenvalue weighted by atomic mass is 9.99. The third-order valence-electron chi connectivity index (χ3n) is 19.1. The molecular weight excluding hydrogens is 1290 g/mol. The van der Waals surface area contributed by atoms with E-state index in [1.165, 1.54) is 225 Å². The molecule has 0 spiro atoms. The Labute approximate surface area is 607 Å². The van der Waals surface area contributed by atoms with Gasteiger partial charge in [-0.15, -0.1) is 0 Å². The molecule has 0 bridgehead atoms. The first kappa shape index (κ1) is 97.1. The van der Waals surface area contributed by atoms with Gasteiger partial charge in [0.1, 0.15) is 19.3 Å². The minimum absolute atomic E-state index is 0.107. The fraction of sp³-hybridized carbons (Fsp3) is 0.950. The van der Waals surface area contributed by atoms with Crippen LogP contribution < -0.4 is 0 Å². The molecule has 0 aromatic carbocycles. The molecule has 0 aromatic heterocycles. The number of aliphatic hydroxyl groups excluding tert-OH is 1. The molecule has 0 heterocycles. The molecule has 588 valence electrons. The molecule has 0 rings (SSSR count). The van der Waals surface area contributed by atoms with Crippen LogP contribution in [-0.2, 0) is 65.4 Å². The van der Waals surface area contributed by atoms with Gasteiger partial charge in [-0.1, -0.05) is 369 Å². The van der Waals surface area contributed by atoms with E-state index in [4.69, 9.17) is 37.0 Å². The molecular formula is C80H156O17P2. The number of carbonyl (C=O) groups is 4. The molecule has 0 aliphatic carbocycles. The zero-order valence-electron chi connectivity index (χ0n) is 64.8. The second-order valence-corrected chi connectivity index (χ2v) is 32.4. The summed E-state index contributed by atoms with van der Waals surface area (Å²) in [4.78, 5) is 72.9. The van der Waals surface area contributed by atoms with Crippen molar-refractivity contribution >= 4 is 39.5 Å². The predicted octanol–water partition coefficient (Wildman–Crippen LogP) is 23.9. The molecule has 0 saturated heterocycles. The highest BCUT2D eigenvalue weighted by Gasteiger charge is 2.30. The van der Waals surface area contributed by atoms with E-state index in [0.29, 0.717) is 25.7 Å². The summed E-state index contributed by atoms with van der Waals surface area (Å²) >= 11 is 0. The average molecular weight is 1450 g/mol. The molecule has 6 atom stereocenters. The van der Waals surface area contributed by atoms with Gasteiger partial charge in [-0.05, 0) is 37.5 Å². The molecule has 0 amide bonds. The number of rotatable bonds is 79.